The fourth-order valence-corrected chi connectivity index (χ4v) is 1.90. The maximum atomic E-state index is 10.6. The lowest BCUT2D eigenvalue weighted by atomic mass is 10.3. The Bertz CT molecular complexity index is 601. The molecule has 0 atom stereocenters. The summed E-state index contributed by atoms with van der Waals surface area (Å²) in [5.41, 5.74) is 0.493. The van der Waals surface area contributed by atoms with Crippen molar-refractivity contribution in [1.29, 1.82) is 5.26 Å². The maximum Gasteiger partial charge on any atom is 0.371 e. The van der Waals surface area contributed by atoms with Crippen LogP contribution in [0.3, 0.4) is 0 Å². The molecule has 2 aromatic rings. The Morgan fingerprint density at radius 1 is 1.47 bits per heavy atom. The van der Waals surface area contributed by atoms with Crippen molar-refractivity contribution < 1.29 is 14.3 Å². The van der Waals surface area contributed by atoms with Crippen LogP contribution in [0.4, 0.5) is 0 Å². The number of rotatable bonds is 3. The molecule has 0 radical (unpaired) electrons. The molecule has 0 saturated heterocycles. The van der Waals surface area contributed by atoms with Gasteiger partial charge in [0.05, 0.1) is 11.6 Å². The zero-order valence-corrected chi connectivity index (χ0v) is 9.27. The molecule has 0 spiro atoms. The van der Waals surface area contributed by atoms with Gasteiger partial charge in [-0.3, -0.25) is 0 Å². The lowest BCUT2D eigenvalue weighted by Gasteiger charge is -1.96. The van der Waals surface area contributed by atoms with E-state index in [0.717, 1.165) is 11.8 Å². The van der Waals surface area contributed by atoms with Gasteiger partial charge in [0.2, 0.25) is 5.76 Å². The molecule has 0 amide bonds. The fraction of sp³-hybridized carbons (Fsp3) is 0. The molecule has 5 nitrogen and oxygen atoms in total. The van der Waals surface area contributed by atoms with Crippen molar-refractivity contribution in [2.45, 2.75) is 10.1 Å². The number of furan rings is 1. The quantitative estimate of drug-likeness (QED) is 0.894. The number of carboxylic acid groups (broad SMARTS) is 1. The van der Waals surface area contributed by atoms with Gasteiger partial charge in [-0.05, 0) is 36.0 Å². The van der Waals surface area contributed by atoms with Gasteiger partial charge in [0.25, 0.3) is 0 Å². The minimum atomic E-state index is -1.12. The van der Waals surface area contributed by atoms with E-state index >= 15 is 0 Å². The molecule has 6 heteroatoms. The molecule has 1 N–H and O–H groups in total. The molecule has 17 heavy (non-hydrogen) atoms. The molecule has 0 aliphatic rings. The first-order valence-corrected chi connectivity index (χ1v) is 5.38. The molecule has 2 aromatic heterocycles. The summed E-state index contributed by atoms with van der Waals surface area (Å²) in [6.07, 6.45) is 1.52. The third-order valence-electron chi connectivity index (χ3n) is 1.86. The van der Waals surface area contributed by atoms with Crippen LogP contribution >= 0.6 is 11.8 Å². The lowest BCUT2D eigenvalue weighted by Crippen LogP contribution is -1.91. The van der Waals surface area contributed by atoms with Crippen molar-refractivity contribution >= 4 is 17.7 Å². The summed E-state index contributed by atoms with van der Waals surface area (Å²) in [5, 5.41) is 18.4. The summed E-state index contributed by atoms with van der Waals surface area (Å²) in [6.45, 7) is 0. The highest BCUT2D eigenvalue weighted by Gasteiger charge is 2.10. The van der Waals surface area contributed by atoms with Crippen LogP contribution < -0.4 is 0 Å². The van der Waals surface area contributed by atoms with Crippen molar-refractivity contribution in [2.75, 3.05) is 0 Å². The second-order valence-corrected chi connectivity index (χ2v) is 4.05. The maximum absolute atomic E-state index is 10.6. The monoisotopic (exact) mass is 246 g/mol. The number of nitriles is 1. The first-order valence-electron chi connectivity index (χ1n) is 4.56. The summed E-state index contributed by atoms with van der Waals surface area (Å²) < 4.78 is 5.06. The Labute approximate surface area is 101 Å². The van der Waals surface area contributed by atoms with Gasteiger partial charge in [0, 0.05) is 6.20 Å². The SMILES string of the molecule is N#Cc1ccnc(Sc2ccc(C(=O)O)o2)c1. The zero-order valence-electron chi connectivity index (χ0n) is 8.45. The molecule has 0 aromatic carbocycles. The van der Waals surface area contributed by atoms with Crippen LogP contribution in [0.25, 0.3) is 0 Å². The zero-order chi connectivity index (χ0) is 12.3. The van der Waals surface area contributed by atoms with Crippen molar-refractivity contribution in [1.82, 2.24) is 4.98 Å². The molecular weight excluding hydrogens is 240 g/mol. The topological polar surface area (TPSA) is 87.1 Å². The first kappa shape index (κ1) is 11.2. The van der Waals surface area contributed by atoms with Gasteiger partial charge in [-0.25, -0.2) is 9.78 Å². The fourth-order valence-electron chi connectivity index (χ4n) is 1.13. The third kappa shape index (κ3) is 2.65. The van der Waals surface area contributed by atoms with Crippen molar-refractivity contribution in [3.63, 3.8) is 0 Å². The predicted molar refractivity (Wildman–Crippen MR) is 58.7 cm³/mol. The highest BCUT2D eigenvalue weighted by atomic mass is 32.2. The van der Waals surface area contributed by atoms with Crippen LogP contribution in [0.15, 0.2) is 45.0 Å². The number of hydrogen-bond donors (Lipinski definition) is 1. The van der Waals surface area contributed by atoms with E-state index in [1.807, 2.05) is 6.07 Å². The average molecular weight is 246 g/mol. The van der Waals surface area contributed by atoms with Gasteiger partial charge in [-0.2, -0.15) is 5.26 Å². The van der Waals surface area contributed by atoms with E-state index < -0.39 is 5.97 Å². The normalized spacial score (nSPS) is 9.82. The van der Waals surface area contributed by atoms with Gasteiger partial charge < -0.3 is 9.52 Å². The Hall–Kier alpha value is -2.26. The molecule has 0 fully saturated rings. The van der Waals surface area contributed by atoms with Gasteiger partial charge in [0.1, 0.15) is 5.03 Å². The van der Waals surface area contributed by atoms with Crippen LogP contribution in [0.5, 0.6) is 0 Å². The van der Waals surface area contributed by atoms with Crippen LogP contribution in [-0.2, 0) is 0 Å². The first-order chi connectivity index (χ1) is 8.19. The number of carboxylic acids is 1. The highest BCUT2D eigenvalue weighted by molar-refractivity contribution is 7.99. The Morgan fingerprint density at radius 3 is 2.94 bits per heavy atom. The summed E-state index contributed by atoms with van der Waals surface area (Å²) in [5.74, 6) is -1.24. The van der Waals surface area contributed by atoms with Crippen molar-refractivity contribution in [3.8, 4) is 6.07 Å². The van der Waals surface area contributed by atoms with Gasteiger partial charge in [0.15, 0.2) is 5.09 Å². The summed E-state index contributed by atoms with van der Waals surface area (Å²) in [6, 6.07) is 8.12. The second-order valence-electron chi connectivity index (χ2n) is 3.02. The summed E-state index contributed by atoms with van der Waals surface area (Å²) in [7, 11) is 0. The molecule has 0 unspecified atom stereocenters. The summed E-state index contributed by atoms with van der Waals surface area (Å²) >= 11 is 1.16. The minimum Gasteiger partial charge on any atom is -0.475 e. The number of aromatic nitrogens is 1. The Morgan fingerprint density at radius 2 is 2.29 bits per heavy atom. The molecule has 0 saturated carbocycles. The van der Waals surface area contributed by atoms with E-state index in [0.29, 0.717) is 15.7 Å². The minimum absolute atomic E-state index is 0.121. The molecule has 2 rings (SSSR count). The molecule has 84 valence electrons. The lowest BCUT2D eigenvalue weighted by molar-refractivity contribution is 0.0656. The number of aromatic carboxylic acids is 1. The molecule has 2 heterocycles. The predicted octanol–water partition coefficient (Wildman–Crippen LogP) is 2.40. The molecule has 0 aliphatic carbocycles. The smallest absolute Gasteiger partial charge is 0.371 e. The number of pyridine rings is 1. The van der Waals surface area contributed by atoms with Gasteiger partial charge in [-0.15, -0.1) is 0 Å². The Balaban J connectivity index is 2.19. The van der Waals surface area contributed by atoms with Crippen LogP contribution in [0.1, 0.15) is 16.1 Å². The van der Waals surface area contributed by atoms with E-state index in [1.54, 1.807) is 18.2 Å². The average Bonchev–Trinajstić information content (AvgIpc) is 2.78. The largest absolute Gasteiger partial charge is 0.475 e. The second kappa shape index (κ2) is 4.72. The Kier molecular flexibility index (Phi) is 3.12. The van der Waals surface area contributed by atoms with Crippen LogP contribution in [-0.4, -0.2) is 16.1 Å². The summed E-state index contributed by atoms with van der Waals surface area (Å²) in [4.78, 5) is 14.6. The van der Waals surface area contributed by atoms with E-state index in [4.69, 9.17) is 14.8 Å². The standard InChI is InChI=1S/C11H6N2O3S/c12-6-7-3-4-13-9(5-7)17-10-2-1-8(16-10)11(14)15/h1-5H,(H,14,15). The van der Waals surface area contributed by atoms with Crippen LogP contribution in [0.2, 0.25) is 0 Å². The number of nitrogens with zero attached hydrogens (tertiary/aromatic N) is 2. The van der Waals surface area contributed by atoms with Crippen molar-refractivity contribution in [2.24, 2.45) is 0 Å². The molecular formula is C11H6N2O3S. The number of carbonyl (C=O) groups is 1. The molecule has 0 aliphatic heterocycles. The van der Waals surface area contributed by atoms with E-state index in [9.17, 15) is 4.79 Å². The molecule has 0 bridgehead atoms. The number of hydrogen-bond acceptors (Lipinski definition) is 5. The van der Waals surface area contributed by atoms with Gasteiger partial charge in [-0.1, -0.05) is 0 Å². The highest BCUT2D eigenvalue weighted by Crippen LogP contribution is 2.27. The third-order valence-corrected chi connectivity index (χ3v) is 2.71. The van der Waals surface area contributed by atoms with Gasteiger partial charge >= 0.3 is 5.97 Å². The van der Waals surface area contributed by atoms with E-state index in [2.05, 4.69) is 4.98 Å². The van der Waals surface area contributed by atoms with Crippen molar-refractivity contribution in [3.05, 3.63) is 41.8 Å². The van der Waals surface area contributed by atoms with E-state index in [1.165, 1.54) is 12.3 Å². The van der Waals surface area contributed by atoms with E-state index in [-0.39, 0.29) is 5.76 Å². The van der Waals surface area contributed by atoms with Crippen LogP contribution in [0, 0.1) is 11.3 Å².